The highest BCUT2D eigenvalue weighted by atomic mass is 28.3. The largest absolute Gasteiger partial charge is 0.548 e. The summed E-state index contributed by atoms with van der Waals surface area (Å²) in [6.07, 6.45) is 1.55. The Morgan fingerprint density at radius 2 is 1.70 bits per heavy atom. The van der Waals surface area contributed by atoms with Gasteiger partial charge in [-0.2, -0.15) is 0 Å². The Hall–Kier alpha value is -2.45. The second-order valence-corrected chi connectivity index (χ2v) is 10.9. The van der Waals surface area contributed by atoms with E-state index in [4.69, 9.17) is 4.43 Å². The standard InChI is InChI=1S/C22H31N2O5Si/c1-15(25)23-13-17(16-11-9-8-10-12-16)24(14-18(26)27)20(28)19(23)22(5,21(2,3)4)29-30(6)7/h8-13,19H,14H2,1-7H3,(H,26,27)/p-1. The maximum Gasteiger partial charge on any atom is 0.253 e. The lowest BCUT2D eigenvalue weighted by molar-refractivity contribution is -0.305. The summed E-state index contributed by atoms with van der Waals surface area (Å²) in [5, 5.41) is 11.5. The van der Waals surface area contributed by atoms with Crippen LogP contribution in [-0.4, -0.2) is 54.8 Å². The van der Waals surface area contributed by atoms with Crippen LogP contribution in [0.4, 0.5) is 0 Å². The molecule has 0 saturated carbocycles. The monoisotopic (exact) mass is 430 g/mol. The van der Waals surface area contributed by atoms with E-state index in [1.165, 1.54) is 16.7 Å². The molecule has 2 rings (SSSR count). The molecule has 1 aliphatic heterocycles. The number of rotatable bonds is 6. The van der Waals surface area contributed by atoms with Gasteiger partial charge in [0, 0.05) is 13.1 Å². The summed E-state index contributed by atoms with van der Waals surface area (Å²) in [4.78, 5) is 40.5. The number of carboxylic acids is 1. The highest BCUT2D eigenvalue weighted by Crippen LogP contribution is 2.42. The van der Waals surface area contributed by atoms with Gasteiger partial charge >= 0.3 is 0 Å². The zero-order valence-corrected chi connectivity index (χ0v) is 19.7. The number of amides is 2. The van der Waals surface area contributed by atoms with E-state index >= 15 is 0 Å². The third kappa shape index (κ3) is 4.65. The normalized spacial score (nSPS) is 19.5. The smallest absolute Gasteiger partial charge is 0.253 e. The minimum atomic E-state index is -1.38. The van der Waals surface area contributed by atoms with E-state index in [1.807, 2.05) is 46.9 Å². The van der Waals surface area contributed by atoms with Gasteiger partial charge in [0.05, 0.1) is 23.8 Å². The zero-order valence-electron chi connectivity index (χ0n) is 18.7. The van der Waals surface area contributed by atoms with E-state index in [0.717, 1.165) is 0 Å². The Morgan fingerprint density at radius 1 is 1.13 bits per heavy atom. The number of carboxylic acid groups (broad SMARTS) is 1. The molecule has 1 aliphatic rings. The molecule has 30 heavy (non-hydrogen) atoms. The maximum absolute atomic E-state index is 13.8. The molecule has 2 atom stereocenters. The molecule has 0 spiro atoms. The van der Waals surface area contributed by atoms with E-state index in [9.17, 15) is 19.5 Å². The van der Waals surface area contributed by atoms with E-state index in [2.05, 4.69) is 0 Å². The summed E-state index contributed by atoms with van der Waals surface area (Å²) in [5.74, 6) is -2.21. The van der Waals surface area contributed by atoms with Gasteiger partial charge in [-0.3, -0.25) is 9.59 Å². The second kappa shape index (κ2) is 8.73. The van der Waals surface area contributed by atoms with Gasteiger partial charge in [-0.1, -0.05) is 51.1 Å². The van der Waals surface area contributed by atoms with Gasteiger partial charge < -0.3 is 24.1 Å². The number of benzene rings is 1. The third-order valence-electron chi connectivity index (χ3n) is 5.48. The first-order chi connectivity index (χ1) is 13.8. The first-order valence-corrected chi connectivity index (χ1v) is 12.3. The van der Waals surface area contributed by atoms with E-state index in [0.29, 0.717) is 11.3 Å². The summed E-state index contributed by atoms with van der Waals surface area (Å²) in [5.41, 5.74) is -0.595. The highest BCUT2D eigenvalue weighted by molar-refractivity contribution is 6.48. The summed E-state index contributed by atoms with van der Waals surface area (Å²) in [6.45, 7) is 12.4. The van der Waals surface area contributed by atoms with Crippen LogP contribution in [0.15, 0.2) is 36.5 Å². The molecule has 1 radical (unpaired) electrons. The molecular weight excluding hydrogens is 400 g/mol. The molecular formula is C22H30N2O5Si-. The van der Waals surface area contributed by atoms with Gasteiger partial charge in [-0.05, 0) is 31.0 Å². The van der Waals surface area contributed by atoms with Crippen molar-refractivity contribution in [2.24, 2.45) is 5.41 Å². The average Bonchev–Trinajstić information content (AvgIpc) is 2.61. The van der Waals surface area contributed by atoms with Crippen molar-refractivity contribution in [2.75, 3.05) is 6.54 Å². The molecule has 163 valence electrons. The number of hydrogen-bond donors (Lipinski definition) is 0. The van der Waals surface area contributed by atoms with Crippen LogP contribution in [0.1, 0.15) is 40.2 Å². The number of hydrogen-bond acceptors (Lipinski definition) is 5. The Bertz CT molecular complexity index is 847. The van der Waals surface area contributed by atoms with Gasteiger partial charge in [0.15, 0.2) is 0 Å². The average molecular weight is 431 g/mol. The fraction of sp³-hybridized carbons (Fsp3) is 0.500. The highest BCUT2D eigenvalue weighted by Gasteiger charge is 2.55. The lowest BCUT2D eigenvalue weighted by Crippen LogP contribution is -2.67. The summed E-state index contributed by atoms with van der Waals surface area (Å²) in [6, 6.07) is 7.90. The van der Waals surface area contributed by atoms with Crippen molar-refractivity contribution in [3.8, 4) is 0 Å². The predicted molar refractivity (Wildman–Crippen MR) is 114 cm³/mol. The Balaban J connectivity index is 2.74. The van der Waals surface area contributed by atoms with Crippen molar-refractivity contribution in [1.29, 1.82) is 0 Å². The summed E-state index contributed by atoms with van der Waals surface area (Å²) in [7, 11) is -1.26. The van der Waals surface area contributed by atoms with Crippen molar-refractivity contribution in [2.45, 2.75) is 59.4 Å². The molecule has 0 fully saturated rings. The van der Waals surface area contributed by atoms with Crippen LogP contribution >= 0.6 is 0 Å². The Labute approximate surface area is 180 Å². The molecule has 0 aliphatic carbocycles. The van der Waals surface area contributed by atoms with Gasteiger partial charge in [0.2, 0.25) is 14.9 Å². The van der Waals surface area contributed by atoms with Crippen molar-refractivity contribution < 1.29 is 23.9 Å². The zero-order chi connectivity index (χ0) is 22.9. The molecule has 8 heteroatoms. The number of aliphatic carboxylic acids is 1. The van der Waals surface area contributed by atoms with Crippen LogP contribution in [0, 0.1) is 5.41 Å². The van der Waals surface area contributed by atoms with E-state index < -0.39 is 44.5 Å². The molecule has 2 unspecified atom stereocenters. The predicted octanol–water partition coefficient (Wildman–Crippen LogP) is 1.87. The fourth-order valence-corrected chi connectivity index (χ4v) is 4.88. The third-order valence-corrected chi connectivity index (χ3v) is 6.31. The summed E-state index contributed by atoms with van der Waals surface area (Å²) >= 11 is 0. The number of carbonyl (C=O) groups excluding carboxylic acids is 3. The fourth-order valence-electron chi connectivity index (χ4n) is 3.61. The molecule has 2 amide bonds. The minimum Gasteiger partial charge on any atom is -0.548 e. The van der Waals surface area contributed by atoms with Crippen molar-refractivity contribution >= 4 is 32.5 Å². The first kappa shape index (κ1) is 23.8. The lowest BCUT2D eigenvalue weighted by atomic mass is 9.71. The van der Waals surface area contributed by atoms with E-state index in [-0.39, 0.29) is 5.91 Å². The van der Waals surface area contributed by atoms with Crippen LogP contribution < -0.4 is 5.11 Å². The molecule has 0 aromatic heterocycles. The SMILES string of the molecule is CC(=O)N1C=C(c2ccccc2)N(CC(=O)[O-])C(=O)C1C(C)(O[Si](C)C)C(C)(C)C. The molecule has 0 N–H and O–H groups in total. The molecule has 0 bridgehead atoms. The minimum absolute atomic E-state index is 0.324. The first-order valence-electron chi connectivity index (χ1n) is 9.86. The van der Waals surface area contributed by atoms with Crippen LogP contribution in [0.2, 0.25) is 13.1 Å². The van der Waals surface area contributed by atoms with Gasteiger partial charge in [-0.25, -0.2) is 0 Å². The number of nitrogens with zero attached hydrogens (tertiary/aromatic N) is 2. The van der Waals surface area contributed by atoms with E-state index in [1.54, 1.807) is 30.5 Å². The molecule has 1 aromatic rings. The quantitative estimate of drug-likeness (QED) is 0.643. The molecule has 1 heterocycles. The summed E-state index contributed by atoms with van der Waals surface area (Å²) < 4.78 is 6.35. The van der Waals surface area contributed by atoms with Gasteiger partial charge in [0.1, 0.15) is 6.04 Å². The topological polar surface area (TPSA) is 90.0 Å². The second-order valence-electron chi connectivity index (χ2n) is 8.87. The number of carbonyl (C=O) groups is 3. The van der Waals surface area contributed by atoms with Crippen LogP contribution in [0.5, 0.6) is 0 Å². The van der Waals surface area contributed by atoms with Crippen molar-refractivity contribution in [3.05, 3.63) is 42.1 Å². The van der Waals surface area contributed by atoms with Crippen molar-refractivity contribution in [1.82, 2.24) is 9.80 Å². The molecule has 0 saturated heterocycles. The van der Waals surface area contributed by atoms with Crippen LogP contribution in [-0.2, 0) is 18.8 Å². The lowest BCUT2D eigenvalue weighted by Gasteiger charge is -2.53. The Morgan fingerprint density at radius 3 is 2.13 bits per heavy atom. The van der Waals surface area contributed by atoms with Crippen LogP contribution in [0.25, 0.3) is 5.70 Å². The Kier molecular flexibility index (Phi) is 6.93. The van der Waals surface area contributed by atoms with Gasteiger partial charge in [0.25, 0.3) is 5.91 Å². The molecule has 1 aromatic carbocycles. The van der Waals surface area contributed by atoms with Gasteiger partial charge in [-0.15, -0.1) is 0 Å². The maximum atomic E-state index is 13.8. The molecule has 7 nitrogen and oxygen atoms in total. The van der Waals surface area contributed by atoms with Crippen LogP contribution in [0.3, 0.4) is 0 Å². The van der Waals surface area contributed by atoms with Crippen molar-refractivity contribution in [3.63, 3.8) is 0 Å².